The Bertz CT molecular complexity index is 498. The van der Waals surface area contributed by atoms with Gasteiger partial charge < -0.3 is 9.84 Å². The molecule has 0 aliphatic heterocycles. The van der Waals surface area contributed by atoms with Crippen molar-refractivity contribution in [3.8, 4) is 5.88 Å². The Morgan fingerprint density at radius 1 is 1.47 bits per heavy atom. The van der Waals surface area contributed by atoms with Crippen LogP contribution < -0.4 is 4.74 Å². The Hall–Kier alpha value is -1.95. The summed E-state index contributed by atoms with van der Waals surface area (Å²) in [7, 11) is 1.52. The van der Waals surface area contributed by atoms with Crippen LogP contribution in [0.4, 0.5) is 0 Å². The van der Waals surface area contributed by atoms with Gasteiger partial charge in [-0.05, 0) is 13.0 Å². The van der Waals surface area contributed by atoms with Crippen LogP contribution in [0, 0.1) is 0 Å². The van der Waals surface area contributed by atoms with Crippen molar-refractivity contribution in [2.24, 2.45) is 0 Å². The van der Waals surface area contributed by atoms with Gasteiger partial charge in [-0.3, -0.25) is 4.68 Å². The summed E-state index contributed by atoms with van der Waals surface area (Å²) in [5, 5.41) is 14.3. The molecule has 0 aliphatic carbocycles. The van der Waals surface area contributed by atoms with Crippen molar-refractivity contribution >= 4 is 0 Å². The summed E-state index contributed by atoms with van der Waals surface area (Å²) in [5.74, 6) is 0.427. The minimum absolute atomic E-state index is 0.427. The minimum atomic E-state index is -0.825. The van der Waals surface area contributed by atoms with E-state index >= 15 is 0 Å². The number of aryl methyl sites for hydroxylation is 1. The van der Waals surface area contributed by atoms with Crippen LogP contribution in [0.3, 0.4) is 0 Å². The van der Waals surface area contributed by atoms with Crippen molar-refractivity contribution in [3.63, 3.8) is 0 Å². The van der Waals surface area contributed by atoms with Gasteiger partial charge in [0.05, 0.1) is 18.5 Å². The molecule has 2 heterocycles. The van der Waals surface area contributed by atoms with Crippen LogP contribution in [0.15, 0.2) is 24.7 Å². The standard InChI is InChI=1S/C11H14N4O2/c1-3-15-9(4-5-14-15)11(16)8-6-10(17-2)13-7-12-8/h4-7,11,16H,3H2,1-2H3. The molecule has 0 saturated heterocycles. The van der Waals surface area contributed by atoms with Crippen LogP contribution in [0.5, 0.6) is 5.88 Å². The molecule has 2 aromatic rings. The first-order valence-electron chi connectivity index (χ1n) is 5.32. The fourth-order valence-electron chi connectivity index (χ4n) is 1.61. The molecule has 1 N–H and O–H groups in total. The number of aliphatic hydroxyl groups is 1. The zero-order valence-corrected chi connectivity index (χ0v) is 9.74. The maximum absolute atomic E-state index is 10.2. The third kappa shape index (κ3) is 2.26. The molecule has 6 heteroatoms. The molecule has 0 aromatic carbocycles. The molecule has 0 fully saturated rings. The Balaban J connectivity index is 2.33. The molecule has 0 aliphatic rings. The molecule has 1 atom stereocenters. The Kier molecular flexibility index (Phi) is 3.34. The maximum Gasteiger partial charge on any atom is 0.216 e. The van der Waals surface area contributed by atoms with Gasteiger partial charge in [0.2, 0.25) is 5.88 Å². The van der Waals surface area contributed by atoms with Gasteiger partial charge in [-0.1, -0.05) is 0 Å². The van der Waals surface area contributed by atoms with Gasteiger partial charge in [0, 0.05) is 18.8 Å². The highest BCUT2D eigenvalue weighted by atomic mass is 16.5. The fraction of sp³-hybridized carbons (Fsp3) is 0.364. The third-order valence-electron chi connectivity index (χ3n) is 2.48. The number of hydrogen-bond donors (Lipinski definition) is 1. The second-order valence-corrected chi connectivity index (χ2v) is 3.46. The molecule has 2 aromatic heterocycles. The summed E-state index contributed by atoms with van der Waals surface area (Å²) >= 11 is 0. The summed E-state index contributed by atoms with van der Waals surface area (Å²) < 4.78 is 6.72. The maximum atomic E-state index is 10.2. The number of ether oxygens (including phenoxy) is 1. The highest BCUT2D eigenvalue weighted by Crippen LogP contribution is 2.21. The molecule has 0 bridgehead atoms. The molecule has 0 saturated carbocycles. The third-order valence-corrected chi connectivity index (χ3v) is 2.48. The predicted octanol–water partition coefficient (Wildman–Crippen LogP) is 0.783. The first-order valence-corrected chi connectivity index (χ1v) is 5.32. The average Bonchev–Trinajstić information content (AvgIpc) is 2.86. The molecular weight excluding hydrogens is 220 g/mol. The summed E-state index contributed by atoms with van der Waals surface area (Å²) in [6.45, 7) is 2.66. The number of nitrogens with zero attached hydrogens (tertiary/aromatic N) is 4. The van der Waals surface area contributed by atoms with Crippen LogP contribution in [0.2, 0.25) is 0 Å². The van der Waals surface area contributed by atoms with E-state index in [9.17, 15) is 5.11 Å². The van der Waals surface area contributed by atoms with E-state index < -0.39 is 6.10 Å². The molecule has 0 spiro atoms. The number of aliphatic hydroxyl groups excluding tert-OH is 1. The summed E-state index contributed by atoms with van der Waals surface area (Å²) in [5.41, 5.74) is 1.19. The summed E-state index contributed by atoms with van der Waals surface area (Å²) in [6, 6.07) is 3.38. The highest BCUT2D eigenvalue weighted by molar-refractivity contribution is 5.22. The van der Waals surface area contributed by atoms with Gasteiger partial charge in [-0.15, -0.1) is 0 Å². The molecule has 1 unspecified atom stereocenters. The van der Waals surface area contributed by atoms with Gasteiger partial charge in [0.1, 0.15) is 12.4 Å². The number of aromatic nitrogens is 4. The molecule has 0 amide bonds. The van der Waals surface area contributed by atoms with Crippen molar-refractivity contribution in [3.05, 3.63) is 36.0 Å². The summed E-state index contributed by atoms with van der Waals surface area (Å²) in [4.78, 5) is 7.93. The molecule has 17 heavy (non-hydrogen) atoms. The van der Waals surface area contributed by atoms with Gasteiger partial charge >= 0.3 is 0 Å². The largest absolute Gasteiger partial charge is 0.481 e. The van der Waals surface area contributed by atoms with Gasteiger partial charge in [0.15, 0.2) is 0 Å². The smallest absolute Gasteiger partial charge is 0.216 e. The summed E-state index contributed by atoms with van der Waals surface area (Å²) in [6.07, 6.45) is 2.19. The van der Waals surface area contributed by atoms with Crippen LogP contribution in [-0.2, 0) is 6.54 Å². The van der Waals surface area contributed by atoms with Gasteiger partial charge in [-0.25, -0.2) is 9.97 Å². The molecule has 2 rings (SSSR count). The molecule has 6 nitrogen and oxygen atoms in total. The van der Waals surface area contributed by atoms with Crippen LogP contribution in [0.25, 0.3) is 0 Å². The number of rotatable bonds is 4. The van der Waals surface area contributed by atoms with Gasteiger partial charge in [-0.2, -0.15) is 5.10 Å². The van der Waals surface area contributed by atoms with Crippen molar-refractivity contribution < 1.29 is 9.84 Å². The normalized spacial score (nSPS) is 12.4. The number of hydrogen-bond acceptors (Lipinski definition) is 5. The van der Waals surface area contributed by atoms with Crippen LogP contribution in [-0.4, -0.2) is 32.0 Å². The lowest BCUT2D eigenvalue weighted by Gasteiger charge is -2.12. The van der Waals surface area contributed by atoms with Crippen molar-refractivity contribution in [2.45, 2.75) is 19.6 Å². The first kappa shape index (κ1) is 11.5. The lowest BCUT2D eigenvalue weighted by atomic mass is 10.2. The van der Waals surface area contributed by atoms with Crippen molar-refractivity contribution in [2.75, 3.05) is 7.11 Å². The Morgan fingerprint density at radius 2 is 2.29 bits per heavy atom. The zero-order chi connectivity index (χ0) is 12.3. The van der Waals surface area contributed by atoms with Crippen LogP contribution >= 0.6 is 0 Å². The number of methoxy groups -OCH3 is 1. The lowest BCUT2D eigenvalue weighted by Crippen LogP contribution is -2.10. The Morgan fingerprint density at radius 3 is 3.00 bits per heavy atom. The molecule has 0 radical (unpaired) electrons. The van der Waals surface area contributed by atoms with Gasteiger partial charge in [0.25, 0.3) is 0 Å². The first-order chi connectivity index (χ1) is 8.26. The molecule has 90 valence electrons. The van der Waals surface area contributed by atoms with E-state index in [1.54, 1.807) is 23.0 Å². The molecular formula is C11H14N4O2. The second-order valence-electron chi connectivity index (χ2n) is 3.46. The average molecular weight is 234 g/mol. The highest BCUT2D eigenvalue weighted by Gasteiger charge is 2.16. The topological polar surface area (TPSA) is 73.1 Å². The monoisotopic (exact) mass is 234 g/mol. The quantitative estimate of drug-likeness (QED) is 0.846. The van der Waals surface area contributed by atoms with E-state index in [0.29, 0.717) is 23.8 Å². The van der Waals surface area contributed by atoms with Crippen molar-refractivity contribution in [1.29, 1.82) is 0 Å². The zero-order valence-electron chi connectivity index (χ0n) is 9.74. The van der Waals surface area contributed by atoms with E-state index in [1.807, 2.05) is 6.92 Å². The van der Waals surface area contributed by atoms with Crippen molar-refractivity contribution in [1.82, 2.24) is 19.7 Å². The predicted molar refractivity (Wildman–Crippen MR) is 60.5 cm³/mol. The van der Waals surface area contributed by atoms with E-state index in [1.165, 1.54) is 13.4 Å². The second kappa shape index (κ2) is 4.92. The minimum Gasteiger partial charge on any atom is -0.481 e. The Labute approximate surface area is 98.9 Å². The fourth-order valence-corrected chi connectivity index (χ4v) is 1.61. The SMILES string of the molecule is CCn1nccc1C(O)c1cc(OC)ncn1. The van der Waals surface area contributed by atoms with Crippen LogP contribution in [0.1, 0.15) is 24.4 Å². The lowest BCUT2D eigenvalue weighted by molar-refractivity contribution is 0.202. The van der Waals surface area contributed by atoms with E-state index in [-0.39, 0.29) is 0 Å². The van der Waals surface area contributed by atoms with E-state index in [2.05, 4.69) is 15.1 Å². The van der Waals surface area contributed by atoms with E-state index in [4.69, 9.17) is 4.74 Å². The van der Waals surface area contributed by atoms with E-state index in [0.717, 1.165) is 0 Å².